The summed E-state index contributed by atoms with van der Waals surface area (Å²) >= 11 is 0. The lowest BCUT2D eigenvalue weighted by molar-refractivity contribution is -0.384. The highest BCUT2D eigenvalue weighted by atomic mass is 32.2. The monoisotopic (exact) mass is 405 g/mol. The Kier molecular flexibility index (Phi) is 5.23. The van der Waals surface area contributed by atoms with Gasteiger partial charge in [0.2, 0.25) is 5.91 Å². The molecule has 148 valence electrons. The van der Waals surface area contributed by atoms with Crippen LogP contribution in [0, 0.1) is 17.0 Å². The summed E-state index contributed by atoms with van der Waals surface area (Å²) in [4.78, 5) is 23.9. The summed E-state index contributed by atoms with van der Waals surface area (Å²) in [6, 6.07) is 8.15. The zero-order chi connectivity index (χ0) is 20.5. The summed E-state index contributed by atoms with van der Waals surface area (Å²) in [5.74, 6) is 0.288. The van der Waals surface area contributed by atoms with E-state index in [0.717, 1.165) is 0 Å². The molecule has 1 fully saturated rings. The van der Waals surface area contributed by atoms with E-state index in [2.05, 4.69) is 4.72 Å². The molecule has 0 aliphatic carbocycles. The fourth-order valence-electron chi connectivity index (χ4n) is 2.99. The molecule has 1 amide bonds. The summed E-state index contributed by atoms with van der Waals surface area (Å²) in [5.41, 5.74) is 0.812. The zero-order valence-electron chi connectivity index (χ0n) is 15.3. The number of hydrogen-bond acceptors (Lipinski definition) is 6. The van der Waals surface area contributed by atoms with Crippen LogP contribution in [0.25, 0.3) is 0 Å². The molecule has 0 bridgehead atoms. The molecule has 10 heteroatoms. The zero-order valence-corrected chi connectivity index (χ0v) is 16.2. The van der Waals surface area contributed by atoms with Crippen molar-refractivity contribution in [3.05, 3.63) is 52.1 Å². The molecule has 0 atom stereocenters. The van der Waals surface area contributed by atoms with Crippen molar-refractivity contribution in [3.8, 4) is 5.75 Å². The van der Waals surface area contributed by atoms with E-state index in [4.69, 9.17) is 4.74 Å². The van der Waals surface area contributed by atoms with Crippen molar-refractivity contribution in [2.75, 3.05) is 23.3 Å². The molecule has 2 aromatic rings. The minimum absolute atomic E-state index is 0.0751. The molecule has 9 nitrogen and oxygen atoms in total. The van der Waals surface area contributed by atoms with Crippen LogP contribution in [0.3, 0.4) is 0 Å². The molecule has 0 radical (unpaired) electrons. The lowest BCUT2D eigenvalue weighted by Gasteiger charge is -2.20. The van der Waals surface area contributed by atoms with Crippen LogP contribution in [0.4, 0.5) is 17.1 Å². The fourth-order valence-corrected chi connectivity index (χ4v) is 4.13. The van der Waals surface area contributed by atoms with Gasteiger partial charge >= 0.3 is 0 Å². The summed E-state index contributed by atoms with van der Waals surface area (Å²) < 4.78 is 33.4. The molecule has 1 heterocycles. The van der Waals surface area contributed by atoms with Gasteiger partial charge in [-0.25, -0.2) is 8.42 Å². The van der Waals surface area contributed by atoms with Gasteiger partial charge in [-0.1, -0.05) is 6.07 Å². The van der Waals surface area contributed by atoms with Gasteiger partial charge in [0.15, 0.2) is 0 Å². The molecule has 2 aromatic carbocycles. The summed E-state index contributed by atoms with van der Waals surface area (Å²) in [6.45, 7) is 2.13. The minimum Gasteiger partial charge on any atom is -0.495 e. The van der Waals surface area contributed by atoms with E-state index in [-0.39, 0.29) is 22.2 Å². The van der Waals surface area contributed by atoms with Gasteiger partial charge in [0.25, 0.3) is 15.7 Å². The highest BCUT2D eigenvalue weighted by Crippen LogP contribution is 2.34. The number of methoxy groups -OCH3 is 1. The number of nitrogens with zero attached hydrogens (tertiary/aromatic N) is 2. The lowest BCUT2D eigenvalue weighted by atomic mass is 10.2. The first-order valence-electron chi connectivity index (χ1n) is 8.49. The molecule has 0 saturated carbocycles. The molecule has 0 aromatic heterocycles. The smallest absolute Gasteiger partial charge is 0.271 e. The molecule has 1 aliphatic rings. The number of nitro benzene ring substituents is 1. The summed E-state index contributed by atoms with van der Waals surface area (Å²) in [5, 5.41) is 11.0. The van der Waals surface area contributed by atoms with Gasteiger partial charge < -0.3 is 9.64 Å². The minimum atomic E-state index is -4.04. The van der Waals surface area contributed by atoms with Gasteiger partial charge in [-0.3, -0.25) is 19.6 Å². The number of hydrogen-bond donors (Lipinski definition) is 1. The summed E-state index contributed by atoms with van der Waals surface area (Å²) in [6.07, 6.45) is 1.08. The van der Waals surface area contributed by atoms with Gasteiger partial charge in [-0.2, -0.15) is 0 Å². The molecule has 1 aliphatic heterocycles. The number of rotatable bonds is 6. The number of non-ortho nitro benzene ring substituents is 1. The second-order valence-electron chi connectivity index (χ2n) is 6.34. The Bertz CT molecular complexity index is 1050. The van der Waals surface area contributed by atoms with Crippen LogP contribution in [-0.2, 0) is 14.8 Å². The van der Waals surface area contributed by atoms with Gasteiger partial charge in [-0.15, -0.1) is 0 Å². The van der Waals surface area contributed by atoms with Crippen molar-refractivity contribution in [2.24, 2.45) is 0 Å². The van der Waals surface area contributed by atoms with E-state index in [1.807, 2.05) is 0 Å². The van der Waals surface area contributed by atoms with Gasteiger partial charge in [-0.05, 0) is 37.1 Å². The van der Waals surface area contributed by atoms with E-state index in [1.165, 1.54) is 48.4 Å². The van der Waals surface area contributed by atoms with Crippen LogP contribution in [0.15, 0.2) is 41.3 Å². The Morgan fingerprint density at radius 1 is 1.21 bits per heavy atom. The van der Waals surface area contributed by atoms with Crippen LogP contribution in [0.1, 0.15) is 18.4 Å². The first-order valence-corrected chi connectivity index (χ1v) is 9.97. The Morgan fingerprint density at radius 2 is 1.96 bits per heavy atom. The maximum Gasteiger partial charge on any atom is 0.271 e. The van der Waals surface area contributed by atoms with E-state index in [9.17, 15) is 23.3 Å². The number of carbonyl (C=O) groups excluding carboxylic acids is 1. The highest BCUT2D eigenvalue weighted by molar-refractivity contribution is 7.92. The van der Waals surface area contributed by atoms with Crippen molar-refractivity contribution in [2.45, 2.75) is 24.7 Å². The highest BCUT2D eigenvalue weighted by Gasteiger charge is 2.27. The van der Waals surface area contributed by atoms with Crippen molar-refractivity contribution >= 4 is 33.0 Å². The van der Waals surface area contributed by atoms with Crippen molar-refractivity contribution < 1.29 is 22.9 Å². The Labute approximate surface area is 162 Å². The summed E-state index contributed by atoms with van der Waals surface area (Å²) in [7, 11) is -2.60. The number of benzene rings is 2. The van der Waals surface area contributed by atoms with Gasteiger partial charge in [0.05, 0.1) is 28.3 Å². The SMILES string of the molecule is COc1ccc(S(=O)(=O)Nc2cc([N+](=O)[O-])ccc2C)cc1N1CCCC1=O. The number of aryl methyl sites for hydroxylation is 1. The topological polar surface area (TPSA) is 119 Å². The standard InChI is InChI=1S/C18H19N3O6S/c1-12-5-6-13(21(23)24)10-15(12)19-28(25,26)14-7-8-17(27-2)16(11-14)20-9-3-4-18(20)22/h5-8,10-11,19H,3-4,9H2,1-2H3. The maximum atomic E-state index is 12.9. The molecule has 3 rings (SSSR count). The molecular formula is C18H19N3O6S. The quantitative estimate of drug-likeness (QED) is 0.583. The number of sulfonamides is 1. The number of amides is 1. The predicted molar refractivity (Wildman–Crippen MR) is 103 cm³/mol. The largest absolute Gasteiger partial charge is 0.495 e. The van der Waals surface area contributed by atoms with E-state index >= 15 is 0 Å². The molecular weight excluding hydrogens is 386 g/mol. The number of anilines is 2. The third kappa shape index (κ3) is 3.77. The third-order valence-electron chi connectivity index (χ3n) is 4.50. The van der Waals surface area contributed by atoms with Crippen molar-refractivity contribution in [1.82, 2.24) is 0 Å². The fraction of sp³-hybridized carbons (Fsp3) is 0.278. The molecule has 1 N–H and O–H groups in total. The second kappa shape index (κ2) is 7.47. The molecule has 0 unspecified atom stereocenters. The Balaban J connectivity index is 2.00. The van der Waals surface area contributed by atoms with Crippen LogP contribution in [0.2, 0.25) is 0 Å². The van der Waals surface area contributed by atoms with E-state index < -0.39 is 14.9 Å². The van der Waals surface area contributed by atoms with E-state index in [1.54, 1.807) is 6.92 Å². The average Bonchev–Trinajstić information content (AvgIpc) is 3.08. The van der Waals surface area contributed by atoms with Crippen molar-refractivity contribution in [3.63, 3.8) is 0 Å². The molecule has 28 heavy (non-hydrogen) atoms. The van der Waals surface area contributed by atoms with Crippen LogP contribution in [-0.4, -0.2) is 32.9 Å². The first-order chi connectivity index (χ1) is 13.2. The molecule has 0 spiro atoms. The third-order valence-corrected chi connectivity index (χ3v) is 5.86. The van der Waals surface area contributed by atoms with E-state index in [0.29, 0.717) is 36.4 Å². The second-order valence-corrected chi connectivity index (χ2v) is 8.03. The van der Waals surface area contributed by atoms with Crippen LogP contribution >= 0.6 is 0 Å². The normalized spacial score (nSPS) is 14.2. The van der Waals surface area contributed by atoms with Gasteiger partial charge in [0.1, 0.15) is 5.75 Å². The number of carbonyl (C=O) groups is 1. The number of nitro groups is 1. The first kappa shape index (κ1) is 19.6. The van der Waals surface area contributed by atoms with Crippen LogP contribution < -0.4 is 14.4 Å². The van der Waals surface area contributed by atoms with Crippen molar-refractivity contribution in [1.29, 1.82) is 0 Å². The van der Waals surface area contributed by atoms with Gasteiger partial charge in [0, 0.05) is 25.1 Å². The Hall–Kier alpha value is -3.14. The lowest BCUT2D eigenvalue weighted by Crippen LogP contribution is -2.25. The Morgan fingerprint density at radius 3 is 2.57 bits per heavy atom. The average molecular weight is 405 g/mol. The maximum absolute atomic E-state index is 12.9. The molecule has 1 saturated heterocycles. The number of ether oxygens (including phenoxy) is 1. The predicted octanol–water partition coefficient (Wildman–Crippen LogP) is 2.84. The number of nitrogens with one attached hydrogen (secondary N) is 1. The van der Waals surface area contributed by atoms with Crippen LogP contribution in [0.5, 0.6) is 5.75 Å².